The Morgan fingerprint density at radius 2 is 1.80 bits per heavy atom. The molecule has 292 valence electrons. The molecule has 0 spiro atoms. The minimum Gasteiger partial charge on any atom is -0.305 e. The van der Waals surface area contributed by atoms with E-state index in [9.17, 15) is 0 Å². The Labute approximate surface area is 336 Å². The number of fused-ring (bicyclic) bond motifs is 3. The second-order valence-corrected chi connectivity index (χ2v) is 16.6. The van der Waals surface area contributed by atoms with E-state index in [-0.39, 0.29) is 0 Å². The predicted molar refractivity (Wildman–Crippen MR) is 243 cm³/mol. The largest absolute Gasteiger partial charge is 0.305 e. The van der Waals surface area contributed by atoms with Crippen LogP contribution in [0.5, 0.6) is 0 Å². The van der Waals surface area contributed by atoms with Gasteiger partial charge in [-0.05, 0) is 185 Å². The molecule has 1 heteroatoms. The summed E-state index contributed by atoms with van der Waals surface area (Å²) in [6, 6.07) is 0. The highest BCUT2D eigenvalue weighted by Crippen LogP contribution is 2.37. The first-order valence-electron chi connectivity index (χ1n) is 22.1. The van der Waals surface area contributed by atoms with Crippen molar-refractivity contribution in [3.63, 3.8) is 0 Å². The Hall–Kier alpha value is -3.97. The van der Waals surface area contributed by atoms with Crippen LogP contribution in [-0.4, -0.2) is 5.71 Å². The lowest BCUT2D eigenvalue weighted by Crippen LogP contribution is -2.07. The van der Waals surface area contributed by atoms with E-state index in [1.54, 1.807) is 16.7 Å². The highest BCUT2D eigenvalue weighted by molar-refractivity contribution is 5.97. The molecule has 0 aromatic carbocycles. The van der Waals surface area contributed by atoms with Crippen LogP contribution in [0.2, 0.25) is 0 Å². The molecule has 2 atom stereocenters. The summed E-state index contributed by atoms with van der Waals surface area (Å²) in [5, 5.41) is 8.84. The molecule has 2 bridgehead atoms. The van der Waals surface area contributed by atoms with Crippen molar-refractivity contribution in [2.75, 3.05) is 0 Å². The number of allylic oxidation sites excluding steroid dienone is 27. The van der Waals surface area contributed by atoms with Gasteiger partial charge in [-0.15, -0.1) is 0 Å². The third-order valence-corrected chi connectivity index (χ3v) is 12.4. The molecule has 5 aliphatic carbocycles. The standard InChI is InChI=1S/C54H71N/c1-6-8-22-43(5)52(35-21-36-54(55)47-29-13-9-10-14-30-47)51(7-2)42(4)24-18-25-44-26-19-31-45(38-37-44)49-33-20-32-48-39-50(40-49)53-34-17-16-28-46(53)27-15-11-12-23-41(48)3/h7,11-12,15,17-19,23,25-26,29,31-34,40,42,44,55H,3,6,8-10,13-14,16,20-22,24,27-28,30,35-39H2,1-2,4-5H3. The average Bonchev–Trinajstić information content (AvgIpc) is 3.61. The Morgan fingerprint density at radius 1 is 0.909 bits per heavy atom. The molecule has 0 fully saturated rings. The summed E-state index contributed by atoms with van der Waals surface area (Å²) in [7, 11) is 0. The smallest absolute Gasteiger partial charge is 0.0342 e. The first-order valence-corrected chi connectivity index (χ1v) is 22.1. The Kier molecular flexibility index (Phi) is 17.3. The fraction of sp³-hybridized carbons (Fsp3) is 0.463. The van der Waals surface area contributed by atoms with Crippen molar-refractivity contribution in [1.82, 2.24) is 0 Å². The quantitative estimate of drug-likeness (QED) is 0.104. The van der Waals surface area contributed by atoms with Gasteiger partial charge in [0.15, 0.2) is 0 Å². The molecule has 1 N–H and O–H groups in total. The first-order chi connectivity index (χ1) is 26.9. The van der Waals surface area contributed by atoms with E-state index in [2.05, 4.69) is 131 Å². The van der Waals surface area contributed by atoms with Crippen molar-refractivity contribution in [3.05, 3.63) is 165 Å². The maximum Gasteiger partial charge on any atom is 0.0342 e. The molecule has 55 heavy (non-hydrogen) atoms. The zero-order chi connectivity index (χ0) is 38.8. The number of hydrogen-bond acceptors (Lipinski definition) is 1. The van der Waals surface area contributed by atoms with Gasteiger partial charge >= 0.3 is 0 Å². The van der Waals surface area contributed by atoms with Crippen LogP contribution in [0.3, 0.4) is 0 Å². The molecule has 0 aromatic heterocycles. The van der Waals surface area contributed by atoms with Crippen LogP contribution in [0.1, 0.15) is 150 Å². The van der Waals surface area contributed by atoms with E-state index in [0.717, 1.165) is 94.8 Å². The third kappa shape index (κ3) is 12.8. The molecular weight excluding hydrogens is 663 g/mol. The molecule has 5 aliphatic rings. The minimum atomic E-state index is 0.448. The van der Waals surface area contributed by atoms with Crippen LogP contribution >= 0.6 is 0 Å². The molecule has 0 saturated heterocycles. The van der Waals surface area contributed by atoms with E-state index in [1.165, 1.54) is 77.5 Å². The summed E-state index contributed by atoms with van der Waals surface area (Å²) in [6.45, 7) is 13.8. The Balaban J connectivity index is 1.23. The normalized spacial score (nSPS) is 22.2. The number of hydrogen-bond donors (Lipinski definition) is 1. The zero-order valence-electron chi connectivity index (χ0n) is 35.0. The van der Waals surface area contributed by atoms with Crippen molar-refractivity contribution in [3.8, 4) is 0 Å². The molecular formula is C54H71N. The highest BCUT2D eigenvalue weighted by atomic mass is 14.4. The zero-order valence-corrected chi connectivity index (χ0v) is 35.0. The van der Waals surface area contributed by atoms with E-state index in [4.69, 9.17) is 5.41 Å². The van der Waals surface area contributed by atoms with Crippen molar-refractivity contribution in [2.24, 2.45) is 11.8 Å². The lowest BCUT2D eigenvalue weighted by atomic mass is 9.83. The molecule has 1 nitrogen and oxygen atoms in total. The Bertz CT molecular complexity index is 1790. The highest BCUT2D eigenvalue weighted by Gasteiger charge is 2.19. The fourth-order valence-electron chi connectivity index (χ4n) is 9.02. The van der Waals surface area contributed by atoms with Gasteiger partial charge in [0, 0.05) is 5.71 Å². The van der Waals surface area contributed by atoms with Crippen molar-refractivity contribution < 1.29 is 0 Å². The molecule has 0 heterocycles. The minimum absolute atomic E-state index is 0.448. The van der Waals surface area contributed by atoms with Crippen LogP contribution in [0.25, 0.3) is 0 Å². The summed E-state index contributed by atoms with van der Waals surface area (Å²) >= 11 is 0. The summed E-state index contributed by atoms with van der Waals surface area (Å²) in [5.74, 6) is 0.922. The van der Waals surface area contributed by atoms with E-state index in [0.29, 0.717) is 11.8 Å². The predicted octanol–water partition coefficient (Wildman–Crippen LogP) is 16.3. The maximum absolute atomic E-state index is 8.84. The van der Waals surface area contributed by atoms with Crippen LogP contribution in [-0.2, 0) is 0 Å². The summed E-state index contributed by atoms with van der Waals surface area (Å²) < 4.78 is 0. The van der Waals surface area contributed by atoms with Gasteiger partial charge in [-0.3, -0.25) is 0 Å². The lowest BCUT2D eigenvalue weighted by Gasteiger charge is -2.22. The van der Waals surface area contributed by atoms with Crippen molar-refractivity contribution in [2.45, 2.75) is 150 Å². The SMILES string of the molecule is C=C1C=CC=CCC2=C(C=CCC2)C2=CC(C3=CC=CC(C=CCC(C)C(=CC)C(CCCC(=N)C4=CCCCCC4)=C(C)CCCC)CC3)=CCC=C1C2. The second-order valence-electron chi connectivity index (χ2n) is 16.6. The van der Waals surface area contributed by atoms with Gasteiger partial charge in [0.2, 0.25) is 0 Å². The van der Waals surface area contributed by atoms with Crippen molar-refractivity contribution >= 4 is 5.71 Å². The molecule has 0 aliphatic heterocycles. The van der Waals surface area contributed by atoms with Crippen LogP contribution in [0, 0.1) is 17.2 Å². The van der Waals surface area contributed by atoms with Gasteiger partial charge in [-0.2, -0.15) is 0 Å². The molecule has 0 amide bonds. The van der Waals surface area contributed by atoms with E-state index < -0.39 is 0 Å². The average molecular weight is 734 g/mol. The topological polar surface area (TPSA) is 23.9 Å². The molecule has 0 radical (unpaired) electrons. The van der Waals surface area contributed by atoms with Gasteiger partial charge in [0.25, 0.3) is 0 Å². The number of nitrogens with one attached hydrogen (secondary N) is 1. The van der Waals surface area contributed by atoms with Gasteiger partial charge in [-0.1, -0.05) is 142 Å². The van der Waals surface area contributed by atoms with E-state index in [1.807, 2.05) is 0 Å². The Morgan fingerprint density at radius 3 is 2.65 bits per heavy atom. The molecule has 0 aromatic rings. The van der Waals surface area contributed by atoms with Gasteiger partial charge in [0.05, 0.1) is 0 Å². The van der Waals surface area contributed by atoms with E-state index >= 15 is 0 Å². The van der Waals surface area contributed by atoms with Crippen LogP contribution in [0.4, 0.5) is 0 Å². The van der Waals surface area contributed by atoms with Crippen LogP contribution in [0.15, 0.2) is 165 Å². The lowest BCUT2D eigenvalue weighted by molar-refractivity contribution is 0.663. The monoisotopic (exact) mass is 734 g/mol. The van der Waals surface area contributed by atoms with Crippen LogP contribution < -0.4 is 0 Å². The summed E-state index contributed by atoms with van der Waals surface area (Å²) in [5.41, 5.74) is 16.6. The first kappa shape index (κ1) is 42.2. The number of unbranched alkanes of at least 4 members (excludes halogenated alkanes) is 1. The molecule has 0 saturated carbocycles. The number of rotatable bonds is 14. The van der Waals surface area contributed by atoms with Crippen molar-refractivity contribution in [1.29, 1.82) is 5.41 Å². The third-order valence-electron chi connectivity index (χ3n) is 12.4. The second kappa shape index (κ2) is 22.6. The summed E-state index contributed by atoms with van der Waals surface area (Å²) in [6.07, 6.45) is 59.0. The molecule has 5 rings (SSSR count). The summed E-state index contributed by atoms with van der Waals surface area (Å²) in [4.78, 5) is 0. The van der Waals surface area contributed by atoms with Gasteiger partial charge < -0.3 is 5.41 Å². The van der Waals surface area contributed by atoms with Gasteiger partial charge in [-0.25, -0.2) is 0 Å². The van der Waals surface area contributed by atoms with Gasteiger partial charge in [0.1, 0.15) is 0 Å². The fourth-order valence-corrected chi connectivity index (χ4v) is 9.02. The maximum atomic E-state index is 8.84. The molecule has 2 unspecified atom stereocenters.